The molecular weight excluding hydrogens is 218 g/mol. The smallest absolute Gasteiger partial charge is 0.268 e. The van der Waals surface area contributed by atoms with Crippen molar-refractivity contribution in [2.45, 2.75) is 13.2 Å². The highest BCUT2D eigenvalue weighted by Gasteiger charge is 2.01. The van der Waals surface area contributed by atoms with Crippen LogP contribution in [0.1, 0.15) is 11.1 Å². The van der Waals surface area contributed by atoms with Gasteiger partial charge in [0.15, 0.2) is 0 Å². The summed E-state index contributed by atoms with van der Waals surface area (Å²) in [5, 5.41) is 2.63. The van der Waals surface area contributed by atoms with Gasteiger partial charge in [-0.3, -0.25) is 19.4 Å². The van der Waals surface area contributed by atoms with Gasteiger partial charge in [-0.25, -0.2) is 0 Å². The van der Waals surface area contributed by atoms with Crippen molar-refractivity contribution in [1.82, 2.24) is 15.3 Å². The minimum atomic E-state index is -0.0942. The maximum Gasteiger partial charge on any atom is 0.268 e. The highest BCUT2D eigenvalue weighted by Crippen LogP contribution is 1.99. The van der Waals surface area contributed by atoms with Crippen molar-refractivity contribution < 1.29 is 4.84 Å². The first kappa shape index (κ1) is 11.6. The summed E-state index contributed by atoms with van der Waals surface area (Å²) in [5.41, 5.74) is 4.42. The second-order valence-electron chi connectivity index (χ2n) is 3.80. The van der Waals surface area contributed by atoms with E-state index < -0.39 is 0 Å². The van der Waals surface area contributed by atoms with Crippen molar-refractivity contribution >= 4 is 0 Å². The van der Waals surface area contributed by atoms with Crippen molar-refractivity contribution in [3.8, 4) is 0 Å². The third-order valence-corrected chi connectivity index (χ3v) is 2.37. The predicted molar refractivity (Wildman–Crippen MR) is 64.1 cm³/mol. The Hall–Kier alpha value is -1.85. The summed E-state index contributed by atoms with van der Waals surface area (Å²) in [7, 11) is 1.77. The number of hydrogen-bond acceptors (Lipinski definition) is 3. The Kier molecular flexibility index (Phi) is 3.74. The van der Waals surface area contributed by atoms with E-state index >= 15 is 0 Å². The summed E-state index contributed by atoms with van der Waals surface area (Å²) < 4.78 is 1.62. The monoisotopic (exact) mass is 233 g/mol. The van der Waals surface area contributed by atoms with E-state index in [0.29, 0.717) is 18.7 Å². The Morgan fingerprint density at radius 1 is 1.35 bits per heavy atom. The average Bonchev–Trinajstić information content (AvgIpc) is 2.65. The zero-order valence-corrected chi connectivity index (χ0v) is 9.64. The molecule has 5 nitrogen and oxygen atoms in total. The van der Waals surface area contributed by atoms with E-state index in [0.717, 1.165) is 5.56 Å². The summed E-state index contributed by atoms with van der Waals surface area (Å²) in [4.78, 5) is 16.6. The van der Waals surface area contributed by atoms with Crippen molar-refractivity contribution in [3.63, 3.8) is 0 Å². The zero-order valence-electron chi connectivity index (χ0n) is 9.64. The molecule has 17 heavy (non-hydrogen) atoms. The number of H-pyrrole nitrogens is 1. The van der Waals surface area contributed by atoms with Crippen molar-refractivity contribution in [2.24, 2.45) is 7.05 Å². The summed E-state index contributed by atoms with van der Waals surface area (Å²) in [6.07, 6.45) is 1.74. The molecule has 2 rings (SSSR count). The van der Waals surface area contributed by atoms with E-state index in [9.17, 15) is 4.79 Å². The Balaban J connectivity index is 1.77. The second kappa shape index (κ2) is 5.47. The molecule has 0 aliphatic carbocycles. The van der Waals surface area contributed by atoms with Crippen LogP contribution in [0.3, 0.4) is 0 Å². The largest absolute Gasteiger partial charge is 0.297 e. The molecule has 0 saturated heterocycles. The number of benzene rings is 1. The van der Waals surface area contributed by atoms with Gasteiger partial charge in [0.1, 0.15) is 0 Å². The van der Waals surface area contributed by atoms with Crippen LogP contribution in [0, 0.1) is 0 Å². The molecule has 2 N–H and O–H groups in total. The van der Waals surface area contributed by atoms with Gasteiger partial charge in [0.25, 0.3) is 5.56 Å². The minimum absolute atomic E-state index is 0.0942. The first-order chi connectivity index (χ1) is 8.25. The van der Waals surface area contributed by atoms with Gasteiger partial charge in [-0.15, -0.1) is 0 Å². The fraction of sp³-hybridized carbons (Fsp3) is 0.250. The van der Waals surface area contributed by atoms with E-state index in [1.54, 1.807) is 17.9 Å². The maximum atomic E-state index is 11.3. The van der Waals surface area contributed by atoms with Gasteiger partial charge < -0.3 is 0 Å². The average molecular weight is 233 g/mol. The molecule has 0 bridgehead atoms. The molecule has 0 aliphatic heterocycles. The van der Waals surface area contributed by atoms with Gasteiger partial charge in [-0.1, -0.05) is 30.3 Å². The lowest BCUT2D eigenvalue weighted by Gasteiger charge is -2.03. The van der Waals surface area contributed by atoms with E-state index in [1.165, 1.54) is 0 Å². The second-order valence-corrected chi connectivity index (χ2v) is 3.80. The predicted octanol–water partition coefficient (Wildman–Crippen LogP) is 0.935. The third kappa shape index (κ3) is 3.30. The van der Waals surface area contributed by atoms with Crippen molar-refractivity contribution in [1.29, 1.82) is 0 Å². The van der Waals surface area contributed by atoms with Gasteiger partial charge in [0.2, 0.25) is 0 Å². The number of aryl methyl sites for hydroxylation is 1. The van der Waals surface area contributed by atoms with Crippen molar-refractivity contribution in [2.75, 3.05) is 0 Å². The number of nitrogens with zero attached hydrogens (tertiary/aromatic N) is 1. The minimum Gasteiger partial charge on any atom is -0.297 e. The molecule has 0 saturated carbocycles. The van der Waals surface area contributed by atoms with Gasteiger partial charge in [-0.05, 0) is 5.56 Å². The lowest BCUT2D eigenvalue weighted by Crippen LogP contribution is -2.18. The number of aromatic amines is 1. The third-order valence-electron chi connectivity index (χ3n) is 2.37. The molecular formula is C12H15N3O2. The Morgan fingerprint density at radius 3 is 2.76 bits per heavy atom. The normalized spacial score (nSPS) is 10.6. The summed E-state index contributed by atoms with van der Waals surface area (Å²) >= 11 is 0. The standard InChI is InChI=1S/C12H15N3O2/c1-15-8-11(12(16)14-15)7-13-17-9-10-5-3-2-4-6-10/h2-6,8,13H,7,9H2,1H3,(H,14,16). The van der Waals surface area contributed by atoms with Crippen LogP contribution in [0.15, 0.2) is 41.3 Å². The van der Waals surface area contributed by atoms with Gasteiger partial charge in [0, 0.05) is 13.2 Å². The van der Waals surface area contributed by atoms with Gasteiger partial charge in [0.05, 0.1) is 18.7 Å². The fourth-order valence-electron chi connectivity index (χ4n) is 1.52. The molecule has 0 unspecified atom stereocenters. The molecule has 0 aliphatic rings. The van der Waals surface area contributed by atoms with E-state index in [4.69, 9.17) is 4.84 Å². The molecule has 0 amide bonds. The van der Waals surface area contributed by atoms with Crippen LogP contribution in [0.5, 0.6) is 0 Å². The summed E-state index contributed by atoms with van der Waals surface area (Å²) in [6, 6.07) is 9.84. The van der Waals surface area contributed by atoms with E-state index in [2.05, 4.69) is 10.6 Å². The summed E-state index contributed by atoms with van der Waals surface area (Å²) in [5.74, 6) is 0. The lowest BCUT2D eigenvalue weighted by atomic mass is 10.2. The molecule has 0 atom stereocenters. The van der Waals surface area contributed by atoms with Gasteiger partial charge in [-0.2, -0.15) is 5.48 Å². The van der Waals surface area contributed by atoms with Crippen LogP contribution < -0.4 is 11.0 Å². The highest BCUT2D eigenvalue weighted by molar-refractivity contribution is 5.13. The Labute approximate surface area is 99.0 Å². The van der Waals surface area contributed by atoms with E-state index in [1.807, 2.05) is 30.3 Å². The molecule has 1 aromatic carbocycles. The van der Waals surface area contributed by atoms with Gasteiger partial charge >= 0.3 is 0 Å². The van der Waals surface area contributed by atoms with E-state index in [-0.39, 0.29) is 5.56 Å². The highest BCUT2D eigenvalue weighted by atomic mass is 16.6. The number of hydrogen-bond donors (Lipinski definition) is 2. The molecule has 2 aromatic rings. The Bertz CT molecular complexity index is 516. The molecule has 0 fully saturated rings. The number of rotatable bonds is 5. The topological polar surface area (TPSA) is 59.1 Å². The fourth-order valence-corrected chi connectivity index (χ4v) is 1.52. The first-order valence-corrected chi connectivity index (χ1v) is 5.39. The quantitative estimate of drug-likeness (QED) is 0.596. The molecule has 1 heterocycles. The SMILES string of the molecule is Cn1cc(CNOCc2ccccc2)c(=O)[nH]1. The molecule has 90 valence electrons. The number of nitrogens with one attached hydrogen (secondary N) is 2. The zero-order chi connectivity index (χ0) is 12.1. The molecule has 0 radical (unpaired) electrons. The van der Waals surface area contributed by atoms with Crippen LogP contribution in [0.4, 0.5) is 0 Å². The van der Waals surface area contributed by atoms with Crippen LogP contribution in [-0.2, 0) is 25.0 Å². The van der Waals surface area contributed by atoms with Crippen molar-refractivity contribution in [3.05, 3.63) is 58.0 Å². The lowest BCUT2D eigenvalue weighted by molar-refractivity contribution is 0.0233. The molecule has 0 spiro atoms. The summed E-state index contributed by atoms with van der Waals surface area (Å²) in [6.45, 7) is 0.870. The molecule has 1 aromatic heterocycles. The van der Waals surface area contributed by atoms with Crippen LogP contribution in [0.25, 0.3) is 0 Å². The van der Waals surface area contributed by atoms with Crippen LogP contribution >= 0.6 is 0 Å². The number of hydroxylamine groups is 1. The van der Waals surface area contributed by atoms with Crippen LogP contribution in [-0.4, -0.2) is 9.78 Å². The number of aromatic nitrogens is 2. The van der Waals surface area contributed by atoms with Crippen LogP contribution in [0.2, 0.25) is 0 Å². The maximum absolute atomic E-state index is 11.3. The Morgan fingerprint density at radius 2 is 2.12 bits per heavy atom. The molecule has 5 heteroatoms. The first-order valence-electron chi connectivity index (χ1n) is 5.39.